The highest BCUT2D eigenvalue weighted by atomic mass is 16.4. The average Bonchev–Trinajstić information content (AvgIpc) is 2.38. The molecule has 18 heavy (non-hydrogen) atoms. The van der Waals surface area contributed by atoms with Gasteiger partial charge in [0.15, 0.2) is 0 Å². The van der Waals surface area contributed by atoms with Crippen molar-refractivity contribution in [1.82, 2.24) is 15.6 Å². The number of aromatic carboxylic acids is 1. The molecule has 0 aliphatic heterocycles. The molecule has 0 fully saturated rings. The molecule has 1 aromatic heterocycles. The third-order valence-corrected chi connectivity index (χ3v) is 2.31. The summed E-state index contributed by atoms with van der Waals surface area (Å²) >= 11 is 0. The van der Waals surface area contributed by atoms with Crippen molar-refractivity contribution in [2.75, 3.05) is 19.6 Å². The van der Waals surface area contributed by atoms with Crippen molar-refractivity contribution >= 4 is 11.9 Å². The first-order valence-electron chi connectivity index (χ1n) is 5.83. The van der Waals surface area contributed by atoms with E-state index in [-0.39, 0.29) is 11.6 Å². The second-order valence-electron chi connectivity index (χ2n) is 3.70. The van der Waals surface area contributed by atoms with Gasteiger partial charge >= 0.3 is 5.97 Å². The number of pyridine rings is 1. The molecular formula is C12H17N3O3. The fourth-order valence-corrected chi connectivity index (χ4v) is 1.38. The third kappa shape index (κ3) is 4.50. The lowest BCUT2D eigenvalue weighted by Crippen LogP contribution is -2.27. The van der Waals surface area contributed by atoms with Crippen LogP contribution >= 0.6 is 0 Å². The van der Waals surface area contributed by atoms with Gasteiger partial charge in [-0.15, -0.1) is 0 Å². The van der Waals surface area contributed by atoms with Gasteiger partial charge in [0.2, 0.25) is 0 Å². The smallest absolute Gasteiger partial charge is 0.354 e. The number of amides is 1. The highest BCUT2D eigenvalue weighted by Gasteiger charge is 2.09. The molecule has 6 heteroatoms. The summed E-state index contributed by atoms with van der Waals surface area (Å²) in [6.45, 7) is 4.31. The van der Waals surface area contributed by atoms with E-state index in [9.17, 15) is 9.59 Å². The summed E-state index contributed by atoms with van der Waals surface area (Å²) in [7, 11) is 0. The number of hydrogen-bond acceptors (Lipinski definition) is 4. The molecule has 1 heterocycles. The second kappa shape index (κ2) is 7.39. The fraction of sp³-hybridized carbons (Fsp3) is 0.417. The van der Waals surface area contributed by atoms with E-state index in [0.717, 1.165) is 19.5 Å². The van der Waals surface area contributed by atoms with Gasteiger partial charge in [0.1, 0.15) is 5.69 Å². The predicted molar refractivity (Wildman–Crippen MR) is 66.7 cm³/mol. The van der Waals surface area contributed by atoms with Crippen molar-refractivity contribution in [3.8, 4) is 0 Å². The number of nitrogens with zero attached hydrogens (tertiary/aromatic N) is 1. The Kier molecular flexibility index (Phi) is 5.79. The minimum atomic E-state index is -1.14. The van der Waals surface area contributed by atoms with Crippen molar-refractivity contribution in [1.29, 1.82) is 0 Å². The molecule has 3 N–H and O–H groups in total. The number of carbonyl (C=O) groups excluding carboxylic acids is 1. The molecule has 0 saturated heterocycles. The van der Waals surface area contributed by atoms with E-state index in [0.29, 0.717) is 12.1 Å². The Hall–Kier alpha value is -1.95. The minimum absolute atomic E-state index is 0.129. The monoisotopic (exact) mass is 251 g/mol. The number of carboxylic acids is 1. The molecule has 0 spiro atoms. The van der Waals surface area contributed by atoms with E-state index in [4.69, 9.17) is 5.11 Å². The van der Waals surface area contributed by atoms with Gasteiger partial charge in [-0.05, 0) is 31.6 Å². The molecule has 0 radical (unpaired) electrons. The summed E-state index contributed by atoms with van der Waals surface area (Å²) in [4.78, 5) is 26.1. The summed E-state index contributed by atoms with van der Waals surface area (Å²) in [6, 6.07) is 2.76. The summed E-state index contributed by atoms with van der Waals surface area (Å²) in [5.41, 5.74) is 0.182. The lowest BCUT2D eigenvalue weighted by molar-refractivity contribution is 0.0690. The highest BCUT2D eigenvalue weighted by molar-refractivity contribution is 5.96. The van der Waals surface area contributed by atoms with Crippen molar-refractivity contribution in [3.05, 3.63) is 29.6 Å². The molecule has 0 aliphatic carbocycles. The molecule has 1 aromatic rings. The molecule has 0 bridgehead atoms. The number of carboxylic acid groups (broad SMARTS) is 1. The van der Waals surface area contributed by atoms with Crippen molar-refractivity contribution in [3.63, 3.8) is 0 Å². The van der Waals surface area contributed by atoms with E-state index in [1.54, 1.807) is 0 Å². The zero-order valence-corrected chi connectivity index (χ0v) is 10.3. The summed E-state index contributed by atoms with van der Waals surface area (Å²) in [5.74, 6) is -1.42. The first kappa shape index (κ1) is 14.1. The van der Waals surface area contributed by atoms with Crippen LogP contribution in [-0.4, -0.2) is 41.6 Å². The lowest BCUT2D eigenvalue weighted by atomic mass is 10.2. The molecule has 0 aliphatic rings. The first-order chi connectivity index (χ1) is 8.65. The minimum Gasteiger partial charge on any atom is -0.477 e. The van der Waals surface area contributed by atoms with Gasteiger partial charge in [-0.2, -0.15) is 0 Å². The van der Waals surface area contributed by atoms with Crippen LogP contribution in [0.1, 0.15) is 34.2 Å². The Morgan fingerprint density at radius 1 is 1.39 bits per heavy atom. The Bertz CT molecular complexity index is 421. The topological polar surface area (TPSA) is 91.3 Å². The molecule has 6 nitrogen and oxygen atoms in total. The zero-order valence-electron chi connectivity index (χ0n) is 10.3. The molecule has 1 amide bonds. The number of hydrogen-bond donors (Lipinski definition) is 3. The van der Waals surface area contributed by atoms with E-state index in [2.05, 4.69) is 15.6 Å². The number of nitrogens with one attached hydrogen (secondary N) is 2. The maximum absolute atomic E-state index is 11.7. The van der Waals surface area contributed by atoms with E-state index < -0.39 is 5.97 Å². The molecule has 98 valence electrons. The summed E-state index contributed by atoms with van der Waals surface area (Å²) < 4.78 is 0. The Balaban J connectivity index is 2.46. The average molecular weight is 251 g/mol. The quantitative estimate of drug-likeness (QED) is 0.614. The third-order valence-electron chi connectivity index (χ3n) is 2.31. The van der Waals surface area contributed by atoms with Crippen LogP contribution in [0.2, 0.25) is 0 Å². The van der Waals surface area contributed by atoms with Crippen LogP contribution in [0.3, 0.4) is 0 Å². The van der Waals surface area contributed by atoms with Crippen LogP contribution in [0.25, 0.3) is 0 Å². The summed E-state index contributed by atoms with van der Waals surface area (Å²) in [5, 5.41) is 14.6. The van der Waals surface area contributed by atoms with Gasteiger partial charge in [0.05, 0.1) is 0 Å². The number of carbonyl (C=O) groups is 2. The van der Waals surface area contributed by atoms with Gasteiger partial charge in [0, 0.05) is 18.3 Å². The van der Waals surface area contributed by atoms with Gasteiger partial charge in [-0.25, -0.2) is 9.78 Å². The van der Waals surface area contributed by atoms with Crippen molar-refractivity contribution < 1.29 is 14.7 Å². The molecule has 0 unspecified atom stereocenters. The van der Waals surface area contributed by atoms with Crippen molar-refractivity contribution in [2.24, 2.45) is 0 Å². The van der Waals surface area contributed by atoms with E-state index in [1.807, 2.05) is 6.92 Å². The molecular weight excluding hydrogens is 234 g/mol. The number of rotatable bonds is 7. The fourth-order valence-electron chi connectivity index (χ4n) is 1.38. The predicted octanol–water partition coefficient (Wildman–Crippen LogP) is 0.509. The largest absolute Gasteiger partial charge is 0.477 e. The van der Waals surface area contributed by atoms with Crippen LogP contribution in [0.4, 0.5) is 0 Å². The van der Waals surface area contributed by atoms with Crippen LogP contribution < -0.4 is 10.6 Å². The molecule has 0 atom stereocenters. The lowest BCUT2D eigenvalue weighted by Gasteiger charge is -2.05. The van der Waals surface area contributed by atoms with E-state index in [1.165, 1.54) is 18.3 Å². The highest BCUT2D eigenvalue weighted by Crippen LogP contribution is 2.01. The van der Waals surface area contributed by atoms with Gasteiger partial charge in [-0.1, -0.05) is 6.92 Å². The molecule has 1 rings (SSSR count). The SMILES string of the molecule is CCNCCCNC(=O)c1ccnc(C(=O)O)c1. The Labute approximate surface area is 105 Å². The maximum atomic E-state index is 11.7. The standard InChI is InChI=1S/C12H17N3O3/c1-2-13-5-3-6-15-11(16)9-4-7-14-10(8-9)12(17)18/h4,7-8,13H,2-3,5-6H2,1H3,(H,15,16)(H,17,18). The summed E-state index contributed by atoms with van der Waals surface area (Å²) in [6.07, 6.45) is 2.15. The number of aromatic nitrogens is 1. The molecule has 0 aromatic carbocycles. The van der Waals surface area contributed by atoms with Gasteiger partial charge in [-0.3, -0.25) is 4.79 Å². The maximum Gasteiger partial charge on any atom is 0.354 e. The van der Waals surface area contributed by atoms with Gasteiger partial charge in [0.25, 0.3) is 5.91 Å². The Morgan fingerprint density at radius 2 is 2.17 bits per heavy atom. The zero-order chi connectivity index (χ0) is 13.4. The second-order valence-corrected chi connectivity index (χ2v) is 3.70. The van der Waals surface area contributed by atoms with Gasteiger partial charge < -0.3 is 15.7 Å². The normalized spacial score (nSPS) is 10.1. The molecule has 0 saturated carbocycles. The van der Waals surface area contributed by atoms with Crippen LogP contribution in [0, 0.1) is 0 Å². The first-order valence-corrected chi connectivity index (χ1v) is 5.83. The van der Waals surface area contributed by atoms with Crippen LogP contribution in [-0.2, 0) is 0 Å². The Morgan fingerprint density at radius 3 is 2.83 bits per heavy atom. The van der Waals surface area contributed by atoms with Crippen LogP contribution in [0.15, 0.2) is 18.3 Å². The van der Waals surface area contributed by atoms with Crippen LogP contribution in [0.5, 0.6) is 0 Å². The van der Waals surface area contributed by atoms with E-state index >= 15 is 0 Å². The van der Waals surface area contributed by atoms with Crippen molar-refractivity contribution in [2.45, 2.75) is 13.3 Å².